The van der Waals surface area contributed by atoms with E-state index in [1.807, 2.05) is 19.9 Å². The molecule has 0 atom stereocenters. The molecule has 3 N–H and O–H groups in total. The van der Waals surface area contributed by atoms with Gasteiger partial charge in [-0.05, 0) is 78.3 Å². The molecule has 0 saturated carbocycles. The van der Waals surface area contributed by atoms with Gasteiger partial charge >= 0.3 is 0 Å². The van der Waals surface area contributed by atoms with E-state index in [2.05, 4.69) is 31.9 Å². The molecule has 0 radical (unpaired) electrons. The fraction of sp³-hybridized carbons (Fsp3) is 0.125. The maximum atomic E-state index is 12.8. The van der Waals surface area contributed by atoms with Crippen LogP contribution in [0.1, 0.15) is 44.9 Å². The molecule has 3 amide bonds. The molecule has 0 bridgehead atoms. The molecule has 7 heteroatoms. The van der Waals surface area contributed by atoms with E-state index < -0.39 is 0 Å². The van der Waals surface area contributed by atoms with Crippen molar-refractivity contribution in [2.24, 2.45) is 0 Å². The summed E-state index contributed by atoms with van der Waals surface area (Å²) in [5.74, 6) is -0.872. The van der Waals surface area contributed by atoms with E-state index in [0.717, 1.165) is 0 Å². The summed E-state index contributed by atoms with van der Waals surface area (Å²) in [7, 11) is 0. The highest BCUT2D eigenvalue weighted by atomic mass is 79.9. The number of hydrogen-bond donors (Lipinski definition) is 3. The Morgan fingerprint density at radius 1 is 0.710 bits per heavy atom. The molecule has 0 aliphatic rings. The summed E-state index contributed by atoms with van der Waals surface area (Å²) in [6.45, 7) is 3.78. The summed E-state index contributed by atoms with van der Waals surface area (Å²) >= 11 is 3.36. The highest BCUT2D eigenvalue weighted by Gasteiger charge is 2.16. The Labute approximate surface area is 189 Å². The predicted molar refractivity (Wildman–Crippen MR) is 126 cm³/mol. The largest absolute Gasteiger partial charge is 0.350 e. The molecule has 31 heavy (non-hydrogen) atoms. The number of amides is 3. The van der Waals surface area contributed by atoms with Crippen molar-refractivity contribution >= 4 is 45.0 Å². The zero-order valence-corrected chi connectivity index (χ0v) is 18.7. The average molecular weight is 480 g/mol. The van der Waals surface area contributed by atoms with Crippen LogP contribution in [0, 0.1) is 0 Å². The second kappa shape index (κ2) is 10.0. The maximum Gasteiger partial charge on any atom is 0.257 e. The zero-order chi connectivity index (χ0) is 22.4. The number of para-hydroxylation sites is 1. The number of hydrogen-bond acceptors (Lipinski definition) is 3. The number of benzene rings is 3. The van der Waals surface area contributed by atoms with Gasteiger partial charge in [0.05, 0.1) is 16.8 Å². The van der Waals surface area contributed by atoms with Gasteiger partial charge in [-0.25, -0.2) is 0 Å². The highest BCUT2D eigenvalue weighted by Crippen LogP contribution is 2.21. The van der Waals surface area contributed by atoms with Gasteiger partial charge in [-0.3, -0.25) is 14.4 Å². The summed E-state index contributed by atoms with van der Waals surface area (Å²) in [6.07, 6.45) is 0. The van der Waals surface area contributed by atoms with Crippen LogP contribution in [-0.2, 0) is 0 Å². The third-order valence-corrected chi connectivity index (χ3v) is 5.05. The second-order valence-electron chi connectivity index (χ2n) is 7.14. The van der Waals surface area contributed by atoms with Gasteiger partial charge in [0, 0.05) is 21.8 Å². The molecule has 0 spiro atoms. The number of halogens is 1. The van der Waals surface area contributed by atoms with Crippen molar-refractivity contribution in [2.75, 3.05) is 10.6 Å². The lowest BCUT2D eigenvalue weighted by Gasteiger charge is -2.13. The molecule has 0 fully saturated rings. The number of anilines is 2. The van der Waals surface area contributed by atoms with Gasteiger partial charge in [0.2, 0.25) is 0 Å². The van der Waals surface area contributed by atoms with Crippen LogP contribution in [0.15, 0.2) is 77.3 Å². The van der Waals surface area contributed by atoms with Crippen molar-refractivity contribution in [3.8, 4) is 0 Å². The molecular weight excluding hydrogens is 458 g/mol. The van der Waals surface area contributed by atoms with E-state index in [-0.39, 0.29) is 23.8 Å². The standard InChI is InChI=1S/C24H22BrN3O3/c1-15(2)26-22(29)16-11-13-17(14-12-16)27-24(31)19-8-4-6-10-21(19)28-23(30)18-7-3-5-9-20(18)25/h3-15H,1-2H3,(H,26,29)(H,27,31)(H,28,30). The summed E-state index contributed by atoms with van der Waals surface area (Å²) in [5.41, 5.74) is 2.23. The van der Waals surface area contributed by atoms with Crippen molar-refractivity contribution in [1.82, 2.24) is 5.32 Å². The first-order valence-corrected chi connectivity index (χ1v) is 10.5. The van der Waals surface area contributed by atoms with Crippen LogP contribution in [0.3, 0.4) is 0 Å². The van der Waals surface area contributed by atoms with Crippen LogP contribution in [-0.4, -0.2) is 23.8 Å². The Kier molecular flexibility index (Phi) is 7.20. The van der Waals surface area contributed by atoms with Crippen LogP contribution >= 0.6 is 15.9 Å². The lowest BCUT2D eigenvalue weighted by Crippen LogP contribution is -2.30. The normalized spacial score (nSPS) is 10.5. The van der Waals surface area contributed by atoms with E-state index in [9.17, 15) is 14.4 Å². The molecule has 0 aliphatic carbocycles. The van der Waals surface area contributed by atoms with Crippen LogP contribution in [0.4, 0.5) is 11.4 Å². The monoisotopic (exact) mass is 479 g/mol. The first-order valence-electron chi connectivity index (χ1n) is 9.72. The predicted octanol–water partition coefficient (Wildman–Crippen LogP) is 5.09. The Bertz CT molecular complexity index is 1110. The van der Waals surface area contributed by atoms with Gasteiger partial charge in [0.1, 0.15) is 0 Å². The molecule has 0 aromatic heterocycles. The number of rotatable bonds is 6. The Balaban J connectivity index is 1.74. The topological polar surface area (TPSA) is 87.3 Å². The molecule has 3 rings (SSSR count). The number of nitrogens with one attached hydrogen (secondary N) is 3. The van der Waals surface area contributed by atoms with E-state index in [4.69, 9.17) is 0 Å². The highest BCUT2D eigenvalue weighted by molar-refractivity contribution is 9.10. The van der Waals surface area contributed by atoms with Crippen LogP contribution < -0.4 is 16.0 Å². The van der Waals surface area contributed by atoms with Gasteiger partial charge in [-0.1, -0.05) is 24.3 Å². The van der Waals surface area contributed by atoms with Crippen LogP contribution in [0.2, 0.25) is 0 Å². The molecule has 3 aromatic carbocycles. The van der Waals surface area contributed by atoms with Crippen LogP contribution in [0.5, 0.6) is 0 Å². The van der Waals surface area contributed by atoms with Gasteiger partial charge in [0.15, 0.2) is 0 Å². The van der Waals surface area contributed by atoms with Crippen molar-refractivity contribution in [1.29, 1.82) is 0 Å². The molecule has 0 aliphatic heterocycles. The molecular formula is C24H22BrN3O3. The summed E-state index contributed by atoms with van der Waals surface area (Å²) in [6, 6.07) is 20.5. The maximum absolute atomic E-state index is 12.8. The molecule has 3 aromatic rings. The van der Waals surface area contributed by atoms with Gasteiger partial charge in [-0.15, -0.1) is 0 Å². The average Bonchev–Trinajstić information content (AvgIpc) is 2.74. The Hall–Kier alpha value is -3.45. The Morgan fingerprint density at radius 2 is 1.29 bits per heavy atom. The molecule has 158 valence electrons. The van der Waals surface area contributed by atoms with Crippen molar-refractivity contribution in [3.63, 3.8) is 0 Å². The minimum absolute atomic E-state index is 0.0371. The zero-order valence-electron chi connectivity index (χ0n) is 17.1. The fourth-order valence-electron chi connectivity index (χ4n) is 2.87. The third kappa shape index (κ3) is 5.79. The lowest BCUT2D eigenvalue weighted by atomic mass is 10.1. The first-order chi connectivity index (χ1) is 14.8. The summed E-state index contributed by atoms with van der Waals surface area (Å²) in [5, 5.41) is 8.41. The van der Waals surface area contributed by atoms with Gasteiger partial charge in [-0.2, -0.15) is 0 Å². The molecule has 6 nitrogen and oxygen atoms in total. The molecule has 0 heterocycles. The minimum atomic E-state index is -0.373. The number of carbonyl (C=O) groups excluding carboxylic acids is 3. The fourth-order valence-corrected chi connectivity index (χ4v) is 3.34. The van der Waals surface area contributed by atoms with E-state index in [1.165, 1.54) is 0 Å². The third-order valence-electron chi connectivity index (χ3n) is 4.36. The molecule has 0 saturated heterocycles. The smallest absolute Gasteiger partial charge is 0.257 e. The van der Waals surface area contributed by atoms with Crippen molar-refractivity contribution in [2.45, 2.75) is 19.9 Å². The summed E-state index contributed by atoms with van der Waals surface area (Å²) < 4.78 is 0.663. The van der Waals surface area contributed by atoms with E-state index in [0.29, 0.717) is 32.5 Å². The van der Waals surface area contributed by atoms with Crippen molar-refractivity contribution < 1.29 is 14.4 Å². The second-order valence-corrected chi connectivity index (χ2v) is 7.99. The van der Waals surface area contributed by atoms with Crippen molar-refractivity contribution in [3.05, 3.63) is 94.0 Å². The SMILES string of the molecule is CC(C)NC(=O)c1ccc(NC(=O)c2ccccc2NC(=O)c2ccccc2Br)cc1. The first kappa shape index (κ1) is 22.2. The lowest BCUT2D eigenvalue weighted by molar-refractivity contribution is 0.0941. The number of carbonyl (C=O) groups is 3. The Morgan fingerprint density at radius 3 is 1.94 bits per heavy atom. The van der Waals surface area contributed by atoms with E-state index >= 15 is 0 Å². The minimum Gasteiger partial charge on any atom is -0.350 e. The van der Waals surface area contributed by atoms with Gasteiger partial charge < -0.3 is 16.0 Å². The summed E-state index contributed by atoms with van der Waals surface area (Å²) in [4.78, 5) is 37.5. The van der Waals surface area contributed by atoms with Gasteiger partial charge in [0.25, 0.3) is 17.7 Å². The molecule has 0 unspecified atom stereocenters. The quantitative estimate of drug-likeness (QED) is 0.459. The van der Waals surface area contributed by atoms with Crippen LogP contribution in [0.25, 0.3) is 0 Å². The van der Waals surface area contributed by atoms with E-state index in [1.54, 1.807) is 66.7 Å².